The van der Waals surface area contributed by atoms with Crippen molar-refractivity contribution in [3.63, 3.8) is 0 Å². The third-order valence-electron chi connectivity index (χ3n) is 3.54. The SMILES string of the molecule is CCCc1nnsc1C(=O)N1CCC(=O)c2ccccc21. The minimum Gasteiger partial charge on any atom is -0.306 e. The molecule has 6 heteroatoms. The molecule has 1 aliphatic rings. The summed E-state index contributed by atoms with van der Waals surface area (Å²) >= 11 is 1.13. The Bertz CT molecular complexity index is 696. The summed E-state index contributed by atoms with van der Waals surface area (Å²) in [6.45, 7) is 2.46. The van der Waals surface area contributed by atoms with Crippen LogP contribution >= 0.6 is 11.5 Å². The highest BCUT2D eigenvalue weighted by Gasteiger charge is 2.29. The van der Waals surface area contributed by atoms with Gasteiger partial charge in [-0.2, -0.15) is 0 Å². The van der Waals surface area contributed by atoms with Gasteiger partial charge in [-0.25, -0.2) is 0 Å². The van der Waals surface area contributed by atoms with Crippen LogP contribution in [0.3, 0.4) is 0 Å². The Morgan fingerprint density at radius 3 is 3.00 bits per heavy atom. The summed E-state index contributed by atoms with van der Waals surface area (Å²) in [6, 6.07) is 7.25. The van der Waals surface area contributed by atoms with Crippen LogP contribution in [0.4, 0.5) is 5.69 Å². The van der Waals surface area contributed by atoms with Gasteiger partial charge in [0.05, 0.1) is 11.4 Å². The summed E-state index contributed by atoms with van der Waals surface area (Å²) in [5.41, 5.74) is 2.06. The van der Waals surface area contributed by atoms with Crippen LogP contribution in [0, 0.1) is 0 Å². The lowest BCUT2D eigenvalue weighted by Gasteiger charge is -2.28. The number of carbonyl (C=O) groups excluding carboxylic acids is 2. The van der Waals surface area contributed by atoms with E-state index in [-0.39, 0.29) is 11.7 Å². The van der Waals surface area contributed by atoms with Gasteiger partial charge in [-0.3, -0.25) is 9.59 Å². The Kier molecular flexibility index (Phi) is 3.79. The first kappa shape index (κ1) is 13.9. The zero-order valence-corrected chi connectivity index (χ0v) is 12.5. The van der Waals surface area contributed by atoms with E-state index in [2.05, 4.69) is 9.59 Å². The molecule has 0 fully saturated rings. The lowest BCUT2D eigenvalue weighted by atomic mass is 10.00. The highest BCUT2D eigenvalue weighted by Crippen LogP contribution is 2.29. The number of Topliss-reactive ketones (excluding diaryl/α,β-unsaturated/α-hetero) is 1. The van der Waals surface area contributed by atoms with Crippen molar-refractivity contribution in [3.05, 3.63) is 40.4 Å². The zero-order valence-electron chi connectivity index (χ0n) is 11.7. The van der Waals surface area contributed by atoms with Gasteiger partial charge in [-0.1, -0.05) is 30.0 Å². The fraction of sp³-hybridized carbons (Fsp3) is 0.333. The van der Waals surface area contributed by atoms with E-state index in [1.807, 2.05) is 25.1 Å². The first-order chi connectivity index (χ1) is 10.2. The van der Waals surface area contributed by atoms with Crippen molar-refractivity contribution in [2.45, 2.75) is 26.2 Å². The van der Waals surface area contributed by atoms with Crippen LogP contribution in [0.15, 0.2) is 24.3 Å². The number of nitrogens with zero attached hydrogens (tertiary/aromatic N) is 3. The van der Waals surface area contributed by atoms with Crippen LogP contribution in [0.25, 0.3) is 0 Å². The fourth-order valence-electron chi connectivity index (χ4n) is 2.52. The second kappa shape index (κ2) is 5.73. The number of aryl methyl sites for hydroxylation is 1. The number of carbonyl (C=O) groups is 2. The molecule has 21 heavy (non-hydrogen) atoms. The minimum atomic E-state index is -0.103. The largest absolute Gasteiger partial charge is 0.306 e. The average Bonchev–Trinajstić information content (AvgIpc) is 2.96. The zero-order chi connectivity index (χ0) is 14.8. The van der Waals surface area contributed by atoms with Crippen LogP contribution in [0.1, 0.15) is 45.5 Å². The normalized spacial score (nSPS) is 14.1. The van der Waals surface area contributed by atoms with Gasteiger partial charge in [0, 0.05) is 18.5 Å². The van der Waals surface area contributed by atoms with Crippen molar-refractivity contribution in [2.24, 2.45) is 0 Å². The summed E-state index contributed by atoms with van der Waals surface area (Å²) < 4.78 is 3.90. The molecule has 1 aromatic heterocycles. The molecule has 0 radical (unpaired) electrons. The molecule has 2 aromatic rings. The van der Waals surface area contributed by atoms with Crippen LogP contribution in [0.5, 0.6) is 0 Å². The maximum atomic E-state index is 12.8. The van der Waals surface area contributed by atoms with Crippen LogP contribution in [-0.4, -0.2) is 27.8 Å². The highest BCUT2D eigenvalue weighted by molar-refractivity contribution is 7.08. The summed E-state index contributed by atoms with van der Waals surface area (Å²) in [7, 11) is 0. The van der Waals surface area contributed by atoms with E-state index in [0.29, 0.717) is 29.1 Å². The molecule has 3 rings (SSSR count). The molecule has 1 amide bonds. The Hall–Kier alpha value is -2.08. The van der Waals surface area contributed by atoms with E-state index in [1.54, 1.807) is 11.0 Å². The minimum absolute atomic E-state index is 0.0888. The number of hydrogen-bond donors (Lipinski definition) is 0. The molecule has 0 bridgehead atoms. The van der Waals surface area contributed by atoms with Crippen molar-refractivity contribution in [3.8, 4) is 0 Å². The predicted molar refractivity (Wildman–Crippen MR) is 81.0 cm³/mol. The van der Waals surface area contributed by atoms with Gasteiger partial charge in [-0.15, -0.1) is 5.10 Å². The van der Waals surface area contributed by atoms with Crippen LogP contribution in [0.2, 0.25) is 0 Å². The standard InChI is InChI=1S/C15H15N3O2S/c1-2-5-11-14(21-17-16-11)15(20)18-9-8-13(19)10-6-3-4-7-12(10)18/h3-4,6-7H,2,5,8-9H2,1H3. The molecular formula is C15H15N3O2S. The van der Waals surface area contributed by atoms with Gasteiger partial charge in [0.1, 0.15) is 4.88 Å². The predicted octanol–water partition coefficient (Wildman–Crippen LogP) is 2.72. The molecule has 0 atom stereocenters. The molecular weight excluding hydrogens is 286 g/mol. The van der Waals surface area contributed by atoms with E-state index < -0.39 is 0 Å². The number of hydrogen-bond acceptors (Lipinski definition) is 5. The first-order valence-corrected chi connectivity index (χ1v) is 7.75. The third-order valence-corrected chi connectivity index (χ3v) is 4.30. The maximum Gasteiger partial charge on any atom is 0.271 e. The molecule has 1 aromatic carbocycles. The summed E-state index contributed by atoms with van der Waals surface area (Å²) in [6.07, 6.45) is 2.02. The molecule has 108 valence electrons. The van der Waals surface area contributed by atoms with E-state index >= 15 is 0 Å². The summed E-state index contributed by atoms with van der Waals surface area (Å²) in [5.74, 6) is -0.0146. The molecule has 0 saturated heterocycles. The lowest BCUT2D eigenvalue weighted by Crippen LogP contribution is -2.37. The second-order valence-electron chi connectivity index (χ2n) is 4.95. The highest BCUT2D eigenvalue weighted by atomic mass is 32.1. The molecule has 1 aliphatic heterocycles. The van der Waals surface area contributed by atoms with Crippen molar-refractivity contribution in [2.75, 3.05) is 11.4 Å². The number of ketones is 1. The number of aromatic nitrogens is 2. The number of benzene rings is 1. The van der Waals surface area contributed by atoms with Crippen LogP contribution < -0.4 is 4.90 Å². The smallest absolute Gasteiger partial charge is 0.271 e. The van der Waals surface area contributed by atoms with Crippen LogP contribution in [-0.2, 0) is 6.42 Å². The Morgan fingerprint density at radius 1 is 1.38 bits per heavy atom. The third kappa shape index (κ3) is 2.47. The molecule has 2 heterocycles. The molecule has 0 aliphatic carbocycles. The van der Waals surface area contributed by atoms with Gasteiger partial charge >= 0.3 is 0 Å². The second-order valence-corrected chi connectivity index (χ2v) is 5.70. The van der Waals surface area contributed by atoms with Gasteiger partial charge in [-0.05, 0) is 30.1 Å². The van der Waals surface area contributed by atoms with Gasteiger partial charge in [0.15, 0.2) is 5.78 Å². The van der Waals surface area contributed by atoms with E-state index in [4.69, 9.17) is 0 Å². The summed E-state index contributed by atoms with van der Waals surface area (Å²) in [5, 5.41) is 4.05. The van der Waals surface area contributed by atoms with Crippen molar-refractivity contribution < 1.29 is 9.59 Å². The number of anilines is 1. The van der Waals surface area contributed by atoms with E-state index in [9.17, 15) is 9.59 Å². The molecule has 5 nitrogen and oxygen atoms in total. The summed E-state index contributed by atoms with van der Waals surface area (Å²) in [4.78, 5) is 27.0. The number of para-hydroxylation sites is 1. The van der Waals surface area contributed by atoms with Gasteiger partial charge < -0.3 is 4.90 Å². The number of amides is 1. The lowest BCUT2D eigenvalue weighted by molar-refractivity contribution is 0.0956. The first-order valence-electron chi connectivity index (χ1n) is 6.97. The molecule has 0 N–H and O–H groups in total. The number of fused-ring (bicyclic) bond motifs is 1. The van der Waals surface area contributed by atoms with Gasteiger partial charge in [0.2, 0.25) is 0 Å². The topological polar surface area (TPSA) is 63.2 Å². The molecule has 0 unspecified atom stereocenters. The van der Waals surface area contributed by atoms with E-state index in [0.717, 1.165) is 30.1 Å². The van der Waals surface area contributed by atoms with Crippen molar-refractivity contribution in [1.29, 1.82) is 0 Å². The van der Waals surface area contributed by atoms with E-state index in [1.165, 1.54) is 0 Å². The quantitative estimate of drug-likeness (QED) is 0.874. The monoisotopic (exact) mass is 301 g/mol. The van der Waals surface area contributed by atoms with Crippen molar-refractivity contribution >= 4 is 28.9 Å². The van der Waals surface area contributed by atoms with Gasteiger partial charge in [0.25, 0.3) is 5.91 Å². The Labute approximate surface area is 126 Å². The Morgan fingerprint density at radius 2 is 2.19 bits per heavy atom. The fourth-order valence-corrected chi connectivity index (χ4v) is 3.18. The van der Waals surface area contributed by atoms with Crippen molar-refractivity contribution in [1.82, 2.24) is 9.59 Å². The molecule has 0 spiro atoms. The maximum absolute atomic E-state index is 12.8. The Balaban J connectivity index is 1.97. The number of rotatable bonds is 3. The average molecular weight is 301 g/mol. The molecule has 0 saturated carbocycles.